The van der Waals surface area contributed by atoms with Gasteiger partial charge in [0.25, 0.3) is 15.7 Å². The van der Waals surface area contributed by atoms with Crippen LogP contribution in [0.1, 0.15) is 27.6 Å². The van der Waals surface area contributed by atoms with Crippen LogP contribution in [0.2, 0.25) is 0 Å². The van der Waals surface area contributed by atoms with Crippen LogP contribution in [0.3, 0.4) is 0 Å². The number of benzene rings is 3. The van der Waals surface area contributed by atoms with Crippen LogP contribution in [0.5, 0.6) is 17.2 Å². The number of carbonyl (C=O) groups is 2. The summed E-state index contributed by atoms with van der Waals surface area (Å²) >= 11 is 0. The number of rotatable bonds is 11. The highest BCUT2D eigenvalue weighted by molar-refractivity contribution is 7.92. The number of anilines is 1. The second kappa shape index (κ2) is 11.6. The van der Waals surface area contributed by atoms with Crippen molar-refractivity contribution in [2.75, 3.05) is 26.1 Å². The van der Waals surface area contributed by atoms with Gasteiger partial charge in [-0.2, -0.15) is 0 Å². The zero-order valence-corrected chi connectivity index (χ0v) is 21.6. The van der Waals surface area contributed by atoms with Crippen molar-refractivity contribution in [1.82, 2.24) is 0 Å². The summed E-state index contributed by atoms with van der Waals surface area (Å²) in [5.41, 5.74) is -0.490. The van der Waals surface area contributed by atoms with Gasteiger partial charge in [-0.3, -0.25) is 19.6 Å². The van der Waals surface area contributed by atoms with Crippen LogP contribution in [-0.4, -0.2) is 52.5 Å². The van der Waals surface area contributed by atoms with Crippen LogP contribution in [-0.2, 0) is 14.8 Å². The Morgan fingerprint density at radius 1 is 0.921 bits per heavy atom. The predicted molar refractivity (Wildman–Crippen MR) is 136 cm³/mol. The number of methoxy groups -OCH3 is 3. The fraction of sp³-hybridized carbons (Fsp3) is 0.200. The van der Waals surface area contributed by atoms with E-state index in [2.05, 4.69) is 4.72 Å². The smallest absolute Gasteiger partial charge is 0.338 e. The first-order valence-corrected chi connectivity index (χ1v) is 12.4. The number of nitro benzene ring substituents is 1. The molecule has 0 bridgehead atoms. The van der Waals surface area contributed by atoms with Crippen LogP contribution < -0.4 is 18.9 Å². The number of nitrogens with zero attached hydrogens (tertiary/aromatic N) is 1. The number of nitro groups is 1. The molecule has 12 nitrogen and oxygen atoms in total. The van der Waals surface area contributed by atoms with Gasteiger partial charge < -0.3 is 18.9 Å². The van der Waals surface area contributed by atoms with Crippen LogP contribution in [0.15, 0.2) is 65.6 Å². The van der Waals surface area contributed by atoms with E-state index < -0.39 is 32.8 Å². The molecule has 0 amide bonds. The topological polar surface area (TPSA) is 160 Å². The highest BCUT2D eigenvalue weighted by atomic mass is 32.2. The lowest BCUT2D eigenvalue weighted by Crippen LogP contribution is -2.25. The summed E-state index contributed by atoms with van der Waals surface area (Å²) in [4.78, 5) is 35.8. The Morgan fingerprint density at radius 2 is 1.63 bits per heavy atom. The lowest BCUT2D eigenvalue weighted by Gasteiger charge is -2.15. The fourth-order valence-corrected chi connectivity index (χ4v) is 4.49. The van der Waals surface area contributed by atoms with Crippen molar-refractivity contribution in [3.63, 3.8) is 0 Å². The summed E-state index contributed by atoms with van der Waals surface area (Å²) in [5, 5.41) is 11.1. The molecule has 38 heavy (non-hydrogen) atoms. The number of non-ortho nitro benzene ring substituents is 1. The molecule has 0 saturated heterocycles. The first-order valence-electron chi connectivity index (χ1n) is 10.9. The monoisotopic (exact) mass is 544 g/mol. The van der Waals surface area contributed by atoms with Crippen LogP contribution in [0.25, 0.3) is 0 Å². The van der Waals surface area contributed by atoms with E-state index in [1.807, 2.05) is 0 Å². The SMILES string of the molecule is COc1ccc(C(=O)[C@H](C)OC(=O)c2cccc(S(=O)(=O)Nc3cc([N+](=O)[O-])ccc3OC)c2)c(OC)c1. The molecule has 1 atom stereocenters. The zero-order chi connectivity index (χ0) is 28.0. The number of esters is 1. The summed E-state index contributed by atoms with van der Waals surface area (Å²) < 4.78 is 48.9. The van der Waals surface area contributed by atoms with Gasteiger partial charge in [0.2, 0.25) is 5.78 Å². The molecule has 0 aromatic heterocycles. The Labute approximate surface area is 218 Å². The van der Waals surface area contributed by atoms with Gasteiger partial charge in [-0.1, -0.05) is 6.07 Å². The van der Waals surface area contributed by atoms with E-state index in [4.69, 9.17) is 18.9 Å². The Morgan fingerprint density at radius 3 is 2.26 bits per heavy atom. The quantitative estimate of drug-likeness (QED) is 0.162. The minimum Gasteiger partial charge on any atom is -0.497 e. The van der Waals surface area contributed by atoms with Gasteiger partial charge in [-0.25, -0.2) is 13.2 Å². The molecule has 0 aliphatic rings. The van der Waals surface area contributed by atoms with Crippen molar-refractivity contribution in [3.05, 3.63) is 81.9 Å². The van der Waals surface area contributed by atoms with Gasteiger partial charge in [0.1, 0.15) is 17.2 Å². The molecule has 1 N–H and O–H groups in total. The van der Waals surface area contributed by atoms with Crippen molar-refractivity contribution in [1.29, 1.82) is 0 Å². The standard InChI is InChI=1S/C25H24N2O10S/c1-15(24(28)20-10-9-18(34-2)14-23(20)36-4)37-25(29)16-6-5-7-19(12-16)38(32,33)26-21-13-17(27(30)31)8-11-22(21)35-3/h5-15,26H,1-4H3/t15-/m0/s1. The van der Waals surface area contributed by atoms with Gasteiger partial charge in [-0.05, 0) is 43.3 Å². The number of nitrogens with one attached hydrogen (secondary N) is 1. The van der Waals surface area contributed by atoms with E-state index in [1.165, 1.54) is 64.7 Å². The number of hydrogen-bond donors (Lipinski definition) is 1. The van der Waals surface area contributed by atoms with Crippen LogP contribution >= 0.6 is 0 Å². The van der Waals surface area contributed by atoms with E-state index >= 15 is 0 Å². The number of Topliss-reactive ketones (excluding diaryl/α,β-unsaturated/α-hetero) is 1. The average molecular weight is 545 g/mol. The second-order valence-electron chi connectivity index (χ2n) is 7.75. The molecular formula is C25H24N2O10S. The number of carbonyl (C=O) groups excluding carboxylic acids is 2. The van der Waals surface area contributed by atoms with Gasteiger partial charge in [0.15, 0.2) is 6.10 Å². The predicted octanol–water partition coefficient (Wildman–Crippen LogP) is 3.85. The van der Waals surface area contributed by atoms with E-state index in [9.17, 15) is 28.1 Å². The van der Waals surface area contributed by atoms with Gasteiger partial charge in [0.05, 0.1) is 48.0 Å². The van der Waals surface area contributed by atoms with Crippen molar-refractivity contribution < 1.29 is 41.9 Å². The molecule has 3 aromatic carbocycles. The van der Waals surface area contributed by atoms with E-state index in [0.717, 1.165) is 18.2 Å². The summed E-state index contributed by atoms with van der Waals surface area (Å²) in [6.07, 6.45) is -1.22. The van der Waals surface area contributed by atoms with Crippen molar-refractivity contribution in [2.45, 2.75) is 17.9 Å². The average Bonchev–Trinajstić information content (AvgIpc) is 2.91. The third kappa shape index (κ3) is 6.18. The van der Waals surface area contributed by atoms with Crippen molar-refractivity contribution in [2.24, 2.45) is 0 Å². The highest BCUT2D eigenvalue weighted by Crippen LogP contribution is 2.31. The molecule has 13 heteroatoms. The summed E-state index contributed by atoms with van der Waals surface area (Å²) in [6, 6.07) is 12.9. The Kier molecular flexibility index (Phi) is 8.53. The first-order chi connectivity index (χ1) is 18.0. The number of sulfonamides is 1. The van der Waals surface area contributed by atoms with E-state index in [-0.39, 0.29) is 38.9 Å². The Balaban J connectivity index is 1.81. The lowest BCUT2D eigenvalue weighted by atomic mass is 10.1. The molecule has 0 heterocycles. The minimum atomic E-state index is -4.30. The molecular weight excluding hydrogens is 520 g/mol. The van der Waals surface area contributed by atoms with Crippen molar-refractivity contribution in [3.8, 4) is 17.2 Å². The van der Waals surface area contributed by atoms with Gasteiger partial charge in [-0.15, -0.1) is 0 Å². The zero-order valence-electron chi connectivity index (χ0n) is 20.8. The molecule has 0 unspecified atom stereocenters. The Hall–Kier alpha value is -4.65. The van der Waals surface area contributed by atoms with Crippen LogP contribution in [0, 0.1) is 10.1 Å². The summed E-state index contributed by atoms with van der Waals surface area (Å²) in [6.45, 7) is 1.38. The molecule has 200 valence electrons. The first kappa shape index (κ1) is 27.9. The van der Waals surface area contributed by atoms with E-state index in [1.54, 1.807) is 6.07 Å². The summed E-state index contributed by atoms with van der Waals surface area (Å²) in [7, 11) is -0.183. The lowest BCUT2D eigenvalue weighted by molar-refractivity contribution is -0.384. The third-order valence-electron chi connectivity index (χ3n) is 5.35. The minimum absolute atomic E-state index is 0.0519. The molecule has 3 rings (SSSR count). The normalized spacial score (nSPS) is 11.7. The van der Waals surface area contributed by atoms with Gasteiger partial charge in [0, 0.05) is 18.2 Å². The molecule has 0 fully saturated rings. The maximum Gasteiger partial charge on any atom is 0.338 e. The maximum atomic E-state index is 13.0. The Bertz CT molecular complexity index is 1490. The number of ketones is 1. The third-order valence-corrected chi connectivity index (χ3v) is 6.71. The summed E-state index contributed by atoms with van der Waals surface area (Å²) in [5.74, 6) is -0.731. The number of ether oxygens (including phenoxy) is 4. The second-order valence-corrected chi connectivity index (χ2v) is 9.44. The molecule has 0 saturated carbocycles. The fourth-order valence-electron chi connectivity index (χ4n) is 3.39. The molecule has 0 aliphatic heterocycles. The van der Waals surface area contributed by atoms with E-state index in [0.29, 0.717) is 5.75 Å². The number of hydrogen-bond acceptors (Lipinski definition) is 10. The molecule has 0 aliphatic carbocycles. The van der Waals surface area contributed by atoms with Crippen LogP contribution in [0.4, 0.5) is 11.4 Å². The van der Waals surface area contributed by atoms with Gasteiger partial charge >= 0.3 is 5.97 Å². The molecule has 3 aromatic rings. The molecule has 0 radical (unpaired) electrons. The van der Waals surface area contributed by atoms with Crippen molar-refractivity contribution >= 4 is 33.2 Å². The highest BCUT2D eigenvalue weighted by Gasteiger charge is 2.25. The maximum absolute atomic E-state index is 13.0. The largest absolute Gasteiger partial charge is 0.497 e. The molecule has 0 spiro atoms.